The van der Waals surface area contributed by atoms with Crippen molar-refractivity contribution in [3.63, 3.8) is 0 Å². The van der Waals surface area contributed by atoms with Gasteiger partial charge in [-0.15, -0.1) is 0 Å². The first-order valence-corrected chi connectivity index (χ1v) is 7.81. The molecular weight excluding hydrogens is 264 g/mol. The summed E-state index contributed by atoms with van der Waals surface area (Å²) in [6, 6.07) is 3.58. The van der Waals surface area contributed by atoms with E-state index in [2.05, 4.69) is 29.0 Å². The third-order valence-corrected chi connectivity index (χ3v) is 3.73. The van der Waals surface area contributed by atoms with Crippen LogP contribution in [0.4, 0.5) is 5.82 Å². The number of hydrogen-bond donors (Lipinski definition) is 1. The van der Waals surface area contributed by atoms with Gasteiger partial charge in [0.15, 0.2) is 0 Å². The van der Waals surface area contributed by atoms with Crippen molar-refractivity contribution in [2.24, 2.45) is 0 Å². The van der Waals surface area contributed by atoms with Crippen LogP contribution in [0, 0.1) is 0 Å². The molecule has 0 aliphatic rings. The SMILES string of the molecule is CCN(CC)CCCN(CC)C(=O)c1ccnc(NC)c1. The second kappa shape index (κ2) is 9.34. The molecule has 0 spiro atoms. The van der Waals surface area contributed by atoms with E-state index >= 15 is 0 Å². The highest BCUT2D eigenvalue weighted by Crippen LogP contribution is 2.10. The second-order valence-corrected chi connectivity index (χ2v) is 4.95. The minimum Gasteiger partial charge on any atom is -0.373 e. The number of nitrogens with zero attached hydrogens (tertiary/aromatic N) is 3. The van der Waals surface area contributed by atoms with Crippen molar-refractivity contribution >= 4 is 11.7 Å². The lowest BCUT2D eigenvalue weighted by molar-refractivity contribution is 0.0757. The molecule has 1 heterocycles. The topological polar surface area (TPSA) is 48.5 Å². The minimum absolute atomic E-state index is 0.0796. The smallest absolute Gasteiger partial charge is 0.254 e. The number of anilines is 1. The van der Waals surface area contributed by atoms with E-state index in [0.717, 1.165) is 45.0 Å². The molecule has 0 saturated heterocycles. The lowest BCUT2D eigenvalue weighted by atomic mass is 10.2. The van der Waals surface area contributed by atoms with Crippen molar-refractivity contribution < 1.29 is 4.79 Å². The zero-order valence-corrected chi connectivity index (χ0v) is 13.7. The molecule has 1 N–H and O–H groups in total. The lowest BCUT2D eigenvalue weighted by Crippen LogP contribution is -2.34. The van der Waals surface area contributed by atoms with Gasteiger partial charge >= 0.3 is 0 Å². The van der Waals surface area contributed by atoms with Gasteiger partial charge in [-0.25, -0.2) is 4.98 Å². The second-order valence-electron chi connectivity index (χ2n) is 4.95. The van der Waals surface area contributed by atoms with Crippen LogP contribution in [0.2, 0.25) is 0 Å². The maximum absolute atomic E-state index is 12.5. The molecule has 0 bridgehead atoms. The Hall–Kier alpha value is -1.62. The Morgan fingerprint density at radius 3 is 2.48 bits per heavy atom. The number of carbonyl (C=O) groups excluding carboxylic acids is 1. The molecule has 0 fully saturated rings. The van der Waals surface area contributed by atoms with Crippen molar-refractivity contribution in [1.29, 1.82) is 0 Å². The summed E-state index contributed by atoms with van der Waals surface area (Å²) in [7, 11) is 1.80. The molecule has 0 atom stereocenters. The third-order valence-electron chi connectivity index (χ3n) is 3.73. The maximum atomic E-state index is 12.5. The largest absolute Gasteiger partial charge is 0.373 e. The van der Waals surface area contributed by atoms with E-state index < -0.39 is 0 Å². The van der Waals surface area contributed by atoms with Crippen molar-refractivity contribution in [2.45, 2.75) is 27.2 Å². The number of carbonyl (C=O) groups is 1. The fourth-order valence-electron chi connectivity index (χ4n) is 2.31. The van der Waals surface area contributed by atoms with Crippen molar-refractivity contribution in [3.05, 3.63) is 23.9 Å². The average Bonchev–Trinajstić information content (AvgIpc) is 2.54. The molecule has 0 radical (unpaired) electrons. The third kappa shape index (κ3) is 5.34. The van der Waals surface area contributed by atoms with E-state index in [0.29, 0.717) is 5.56 Å². The number of amides is 1. The zero-order valence-electron chi connectivity index (χ0n) is 13.7. The Bertz CT molecular complexity index is 432. The Labute approximate surface area is 128 Å². The summed E-state index contributed by atoms with van der Waals surface area (Å²) < 4.78 is 0. The van der Waals surface area contributed by atoms with Gasteiger partial charge in [-0.1, -0.05) is 13.8 Å². The van der Waals surface area contributed by atoms with E-state index in [1.165, 1.54) is 0 Å². The fourth-order valence-corrected chi connectivity index (χ4v) is 2.31. The van der Waals surface area contributed by atoms with E-state index in [4.69, 9.17) is 0 Å². The minimum atomic E-state index is 0.0796. The molecule has 1 rings (SSSR count). The van der Waals surface area contributed by atoms with Gasteiger partial charge in [-0.05, 0) is 45.1 Å². The van der Waals surface area contributed by atoms with E-state index in [9.17, 15) is 4.79 Å². The number of aromatic nitrogens is 1. The van der Waals surface area contributed by atoms with Crippen LogP contribution >= 0.6 is 0 Å². The summed E-state index contributed by atoms with van der Waals surface area (Å²) in [5, 5.41) is 2.96. The summed E-state index contributed by atoms with van der Waals surface area (Å²) in [5.74, 6) is 0.802. The standard InChI is InChI=1S/C16H28N4O/c1-5-19(6-2)11-8-12-20(7-3)16(21)14-9-10-18-15(13-14)17-4/h9-10,13H,5-8,11-12H2,1-4H3,(H,17,18). The highest BCUT2D eigenvalue weighted by atomic mass is 16.2. The van der Waals surface area contributed by atoms with Gasteiger partial charge < -0.3 is 15.1 Å². The van der Waals surface area contributed by atoms with Crippen LogP contribution in [0.15, 0.2) is 18.3 Å². The summed E-state index contributed by atoms with van der Waals surface area (Å²) in [6.45, 7) is 11.0. The molecule has 1 aromatic rings. The number of rotatable bonds is 9. The molecule has 1 amide bonds. The van der Waals surface area contributed by atoms with Gasteiger partial charge in [0, 0.05) is 31.9 Å². The van der Waals surface area contributed by atoms with Gasteiger partial charge in [0.1, 0.15) is 5.82 Å². The average molecular weight is 292 g/mol. The van der Waals surface area contributed by atoms with Crippen molar-refractivity contribution in [2.75, 3.05) is 45.1 Å². The predicted molar refractivity (Wildman–Crippen MR) is 87.8 cm³/mol. The van der Waals surface area contributed by atoms with Gasteiger partial charge in [-0.3, -0.25) is 4.79 Å². The van der Waals surface area contributed by atoms with Crippen LogP contribution in [0.3, 0.4) is 0 Å². The van der Waals surface area contributed by atoms with Crippen LogP contribution in [-0.4, -0.2) is 60.5 Å². The molecule has 0 aromatic carbocycles. The Morgan fingerprint density at radius 1 is 1.19 bits per heavy atom. The number of nitrogens with one attached hydrogen (secondary N) is 1. The highest BCUT2D eigenvalue weighted by Gasteiger charge is 2.14. The van der Waals surface area contributed by atoms with Crippen LogP contribution in [-0.2, 0) is 0 Å². The molecule has 118 valence electrons. The zero-order chi connectivity index (χ0) is 15.7. The normalized spacial score (nSPS) is 10.7. The molecule has 0 unspecified atom stereocenters. The predicted octanol–water partition coefficient (Wildman–Crippen LogP) is 2.32. The van der Waals surface area contributed by atoms with Crippen LogP contribution in [0.1, 0.15) is 37.6 Å². The van der Waals surface area contributed by atoms with Gasteiger partial charge in [-0.2, -0.15) is 0 Å². The summed E-state index contributed by atoms with van der Waals surface area (Å²) in [5.41, 5.74) is 0.694. The first-order chi connectivity index (χ1) is 10.2. The number of pyridine rings is 1. The Kier molecular flexibility index (Phi) is 7.75. The summed E-state index contributed by atoms with van der Waals surface area (Å²) >= 11 is 0. The fraction of sp³-hybridized carbons (Fsp3) is 0.625. The maximum Gasteiger partial charge on any atom is 0.254 e. The van der Waals surface area contributed by atoms with Crippen LogP contribution in [0.25, 0.3) is 0 Å². The Morgan fingerprint density at radius 2 is 1.90 bits per heavy atom. The van der Waals surface area contributed by atoms with Gasteiger partial charge in [0.05, 0.1) is 0 Å². The molecular formula is C16H28N4O. The molecule has 1 aromatic heterocycles. The summed E-state index contributed by atoms with van der Waals surface area (Å²) in [6.07, 6.45) is 2.67. The molecule has 0 saturated carbocycles. The van der Waals surface area contributed by atoms with Gasteiger partial charge in [0.2, 0.25) is 0 Å². The molecule has 0 aliphatic carbocycles. The van der Waals surface area contributed by atoms with Crippen LogP contribution < -0.4 is 5.32 Å². The lowest BCUT2D eigenvalue weighted by Gasteiger charge is -2.23. The highest BCUT2D eigenvalue weighted by molar-refractivity contribution is 5.94. The van der Waals surface area contributed by atoms with E-state index in [1.54, 1.807) is 25.4 Å². The van der Waals surface area contributed by atoms with E-state index in [1.807, 2.05) is 11.8 Å². The Balaban J connectivity index is 2.60. The molecule has 0 aliphatic heterocycles. The van der Waals surface area contributed by atoms with Crippen molar-refractivity contribution in [1.82, 2.24) is 14.8 Å². The van der Waals surface area contributed by atoms with Gasteiger partial charge in [0.25, 0.3) is 5.91 Å². The molecule has 21 heavy (non-hydrogen) atoms. The summed E-state index contributed by atoms with van der Waals surface area (Å²) in [4.78, 5) is 20.9. The quantitative estimate of drug-likeness (QED) is 0.759. The molecule has 5 heteroatoms. The first kappa shape index (κ1) is 17.4. The van der Waals surface area contributed by atoms with Crippen LogP contribution in [0.5, 0.6) is 0 Å². The monoisotopic (exact) mass is 292 g/mol. The van der Waals surface area contributed by atoms with Crippen molar-refractivity contribution in [3.8, 4) is 0 Å². The first-order valence-electron chi connectivity index (χ1n) is 7.81. The molecule has 5 nitrogen and oxygen atoms in total. The number of hydrogen-bond acceptors (Lipinski definition) is 4. The van der Waals surface area contributed by atoms with E-state index in [-0.39, 0.29) is 5.91 Å².